The Morgan fingerprint density at radius 2 is 2.41 bits per heavy atom. The fourth-order valence-corrected chi connectivity index (χ4v) is 1.96. The molecule has 1 atom stereocenters. The number of ether oxygens (including phenoxy) is 1. The first kappa shape index (κ1) is 14.3. The van der Waals surface area contributed by atoms with Crippen molar-refractivity contribution in [2.24, 2.45) is 5.92 Å². The number of halogens is 1. The van der Waals surface area contributed by atoms with Crippen molar-refractivity contribution in [3.05, 3.63) is 12.4 Å². The molecule has 98 valence electrons. The summed E-state index contributed by atoms with van der Waals surface area (Å²) in [6, 6.07) is 0.397. The van der Waals surface area contributed by atoms with Gasteiger partial charge in [-0.1, -0.05) is 0 Å². The molecule has 0 bridgehead atoms. The molecule has 1 aromatic heterocycles. The predicted molar refractivity (Wildman–Crippen MR) is 70.9 cm³/mol. The third-order valence-corrected chi connectivity index (χ3v) is 2.99. The minimum absolute atomic E-state index is 0. The van der Waals surface area contributed by atoms with E-state index in [1.165, 1.54) is 12.8 Å². The van der Waals surface area contributed by atoms with Crippen LogP contribution < -0.4 is 10.1 Å². The van der Waals surface area contributed by atoms with Crippen molar-refractivity contribution in [3.8, 4) is 5.75 Å². The average Bonchev–Trinajstić information content (AvgIpc) is 2.76. The molecule has 0 saturated carbocycles. The van der Waals surface area contributed by atoms with Crippen LogP contribution in [-0.4, -0.2) is 29.5 Å². The molecule has 1 saturated heterocycles. The van der Waals surface area contributed by atoms with Crippen molar-refractivity contribution < 1.29 is 4.74 Å². The first-order valence-electron chi connectivity index (χ1n) is 6.13. The lowest BCUT2D eigenvalue weighted by Gasteiger charge is -2.22. The number of nitrogens with one attached hydrogen (secondary N) is 1. The predicted octanol–water partition coefficient (Wildman–Crippen LogP) is 2.26. The maximum atomic E-state index is 5.75. The average molecular weight is 260 g/mol. The summed E-state index contributed by atoms with van der Waals surface area (Å²) in [5, 5.41) is 7.65. The van der Waals surface area contributed by atoms with Crippen LogP contribution >= 0.6 is 12.4 Å². The molecule has 0 aromatic carbocycles. The van der Waals surface area contributed by atoms with Crippen molar-refractivity contribution in [1.82, 2.24) is 15.1 Å². The number of hydrogen-bond acceptors (Lipinski definition) is 3. The van der Waals surface area contributed by atoms with Gasteiger partial charge in [-0.05, 0) is 33.2 Å². The minimum atomic E-state index is 0. The zero-order valence-corrected chi connectivity index (χ0v) is 11.4. The van der Waals surface area contributed by atoms with Crippen molar-refractivity contribution in [2.75, 3.05) is 19.7 Å². The maximum Gasteiger partial charge on any atom is 0.157 e. The molecule has 2 rings (SSSR count). The topological polar surface area (TPSA) is 39.1 Å². The van der Waals surface area contributed by atoms with Gasteiger partial charge in [0.1, 0.15) is 0 Å². The molecule has 1 N–H and O–H groups in total. The van der Waals surface area contributed by atoms with E-state index in [9.17, 15) is 0 Å². The van der Waals surface area contributed by atoms with Crippen LogP contribution in [0.2, 0.25) is 0 Å². The lowest BCUT2D eigenvalue weighted by atomic mass is 10.0. The summed E-state index contributed by atoms with van der Waals surface area (Å²) in [6.45, 7) is 7.26. The van der Waals surface area contributed by atoms with E-state index in [1.54, 1.807) is 6.20 Å². The Bertz CT molecular complexity index is 321. The fourth-order valence-electron chi connectivity index (χ4n) is 1.96. The highest BCUT2D eigenvalue weighted by Crippen LogP contribution is 2.15. The van der Waals surface area contributed by atoms with Crippen LogP contribution in [0.25, 0.3) is 0 Å². The highest BCUT2D eigenvalue weighted by molar-refractivity contribution is 5.85. The van der Waals surface area contributed by atoms with Crippen LogP contribution in [0.3, 0.4) is 0 Å². The molecule has 1 fully saturated rings. The molecule has 0 amide bonds. The summed E-state index contributed by atoms with van der Waals surface area (Å²) in [5.74, 6) is 1.54. The summed E-state index contributed by atoms with van der Waals surface area (Å²) in [6.07, 6.45) is 6.31. The molecule has 1 unspecified atom stereocenters. The van der Waals surface area contributed by atoms with E-state index in [2.05, 4.69) is 24.3 Å². The van der Waals surface area contributed by atoms with Gasteiger partial charge in [0, 0.05) is 18.5 Å². The Morgan fingerprint density at radius 1 is 1.59 bits per heavy atom. The normalized spacial score (nSPS) is 20.1. The molecule has 0 aliphatic carbocycles. The van der Waals surface area contributed by atoms with Gasteiger partial charge in [-0.25, -0.2) is 0 Å². The Morgan fingerprint density at radius 3 is 3.00 bits per heavy atom. The van der Waals surface area contributed by atoms with Gasteiger partial charge in [-0.3, -0.25) is 4.68 Å². The first-order chi connectivity index (χ1) is 7.75. The molecular weight excluding hydrogens is 238 g/mol. The standard InChI is InChI=1S/C12H21N3O.ClH/c1-10(2)15-8-12(7-14-15)16-9-11-4-3-5-13-6-11;/h7-8,10-11,13H,3-6,9H2,1-2H3;1H. The number of rotatable bonds is 4. The van der Waals surface area contributed by atoms with Gasteiger partial charge in [0.2, 0.25) is 0 Å². The van der Waals surface area contributed by atoms with Crippen molar-refractivity contribution in [2.45, 2.75) is 32.7 Å². The van der Waals surface area contributed by atoms with E-state index in [4.69, 9.17) is 4.74 Å². The van der Waals surface area contributed by atoms with Crippen LogP contribution in [0.15, 0.2) is 12.4 Å². The first-order valence-corrected chi connectivity index (χ1v) is 6.13. The highest BCUT2D eigenvalue weighted by atomic mass is 35.5. The fraction of sp³-hybridized carbons (Fsp3) is 0.750. The number of aromatic nitrogens is 2. The summed E-state index contributed by atoms with van der Waals surface area (Å²) in [4.78, 5) is 0. The van der Waals surface area contributed by atoms with Gasteiger partial charge < -0.3 is 10.1 Å². The summed E-state index contributed by atoms with van der Waals surface area (Å²) in [7, 11) is 0. The van der Waals surface area contributed by atoms with Gasteiger partial charge in [-0.2, -0.15) is 5.10 Å². The number of piperidine rings is 1. The van der Waals surface area contributed by atoms with Gasteiger partial charge in [0.15, 0.2) is 5.75 Å². The zero-order valence-electron chi connectivity index (χ0n) is 10.6. The van der Waals surface area contributed by atoms with E-state index in [1.807, 2.05) is 10.9 Å². The molecule has 4 nitrogen and oxygen atoms in total. The zero-order chi connectivity index (χ0) is 11.4. The molecule has 0 radical (unpaired) electrons. The second kappa shape index (κ2) is 6.87. The van der Waals surface area contributed by atoms with E-state index in [0.717, 1.165) is 25.4 Å². The lowest BCUT2D eigenvalue weighted by Crippen LogP contribution is -2.32. The van der Waals surface area contributed by atoms with E-state index in [0.29, 0.717) is 12.0 Å². The van der Waals surface area contributed by atoms with Crippen LogP contribution in [0.1, 0.15) is 32.7 Å². The van der Waals surface area contributed by atoms with Gasteiger partial charge in [0.05, 0.1) is 19.0 Å². The monoisotopic (exact) mass is 259 g/mol. The highest BCUT2D eigenvalue weighted by Gasteiger charge is 2.13. The molecule has 1 aliphatic rings. The molecule has 0 spiro atoms. The lowest BCUT2D eigenvalue weighted by molar-refractivity contribution is 0.218. The van der Waals surface area contributed by atoms with Crippen LogP contribution in [-0.2, 0) is 0 Å². The third-order valence-electron chi connectivity index (χ3n) is 2.99. The van der Waals surface area contributed by atoms with E-state index in [-0.39, 0.29) is 12.4 Å². The van der Waals surface area contributed by atoms with Crippen molar-refractivity contribution in [1.29, 1.82) is 0 Å². The van der Waals surface area contributed by atoms with Gasteiger partial charge in [-0.15, -0.1) is 12.4 Å². The Kier molecular flexibility index (Phi) is 5.78. The number of hydrogen-bond donors (Lipinski definition) is 1. The molecule has 17 heavy (non-hydrogen) atoms. The molecular formula is C12H22ClN3O. The van der Waals surface area contributed by atoms with E-state index >= 15 is 0 Å². The van der Waals surface area contributed by atoms with Crippen molar-refractivity contribution >= 4 is 12.4 Å². The largest absolute Gasteiger partial charge is 0.490 e. The molecule has 1 aliphatic heterocycles. The number of nitrogens with zero attached hydrogens (tertiary/aromatic N) is 2. The minimum Gasteiger partial charge on any atom is -0.490 e. The molecule has 2 heterocycles. The summed E-state index contributed by atoms with van der Waals surface area (Å²) >= 11 is 0. The summed E-state index contributed by atoms with van der Waals surface area (Å²) in [5.41, 5.74) is 0. The van der Waals surface area contributed by atoms with Crippen LogP contribution in [0, 0.1) is 5.92 Å². The van der Waals surface area contributed by atoms with Gasteiger partial charge in [0.25, 0.3) is 0 Å². The summed E-state index contributed by atoms with van der Waals surface area (Å²) < 4.78 is 7.68. The second-order valence-electron chi connectivity index (χ2n) is 4.77. The second-order valence-corrected chi connectivity index (χ2v) is 4.77. The van der Waals surface area contributed by atoms with Crippen LogP contribution in [0.5, 0.6) is 5.75 Å². The van der Waals surface area contributed by atoms with Crippen LogP contribution in [0.4, 0.5) is 0 Å². The van der Waals surface area contributed by atoms with E-state index < -0.39 is 0 Å². The third kappa shape index (κ3) is 4.21. The molecule has 5 heteroatoms. The van der Waals surface area contributed by atoms with Crippen molar-refractivity contribution in [3.63, 3.8) is 0 Å². The maximum absolute atomic E-state index is 5.75. The Balaban J connectivity index is 0.00000144. The quantitative estimate of drug-likeness (QED) is 0.902. The Hall–Kier alpha value is -0.740. The Labute approximate surface area is 109 Å². The van der Waals surface area contributed by atoms with Gasteiger partial charge >= 0.3 is 0 Å². The SMILES string of the molecule is CC(C)n1cc(OCC2CCCNC2)cn1.Cl. The smallest absolute Gasteiger partial charge is 0.157 e. The molecule has 1 aromatic rings.